The molecule has 0 fully saturated rings. The highest BCUT2D eigenvalue weighted by Gasteiger charge is 2.11. The molecule has 1 aromatic carbocycles. The van der Waals surface area contributed by atoms with E-state index in [0.29, 0.717) is 11.6 Å². The van der Waals surface area contributed by atoms with Gasteiger partial charge in [0.25, 0.3) is 0 Å². The molecule has 0 bridgehead atoms. The number of halogens is 1. The highest BCUT2D eigenvalue weighted by Crippen LogP contribution is 2.34. The molecule has 16 heavy (non-hydrogen) atoms. The molecule has 0 atom stereocenters. The van der Waals surface area contributed by atoms with Gasteiger partial charge in [-0.3, -0.25) is 0 Å². The SMILES string of the molecule is COc1cc(C)c(-c2cc(N)no2)cc1Br. The summed E-state index contributed by atoms with van der Waals surface area (Å²) >= 11 is 3.43. The van der Waals surface area contributed by atoms with E-state index in [9.17, 15) is 0 Å². The Morgan fingerprint density at radius 1 is 1.38 bits per heavy atom. The highest BCUT2D eigenvalue weighted by molar-refractivity contribution is 9.10. The van der Waals surface area contributed by atoms with Crippen LogP contribution >= 0.6 is 15.9 Å². The van der Waals surface area contributed by atoms with Gasteiger partial charge in [0.05, 0.1) is 11.6 Å². The van der Waals surface area contributed by atoms with E-state index < -0.39 is 0 Å². The number of aromatic nitrogens is 1. The second kappa shape index (κ2) is 4.17. The molecule has 0 spiro atoms. The highest BCUT2D eigenvalue weighted by atomic mass is 79.9. The van der Waals surface area contributed by atoms with E-state index in [1.165, 1.54) is 0 Å². The summed E-state index contributed by atoms with van der Waals surface area (Å²) in [6, 6.07) is 5.55. The monoisotopic (exact) mass is 282 g/mol. The molecule has 2 aromatic rings. The number of benzene rings is 1. The first-order valence-electron chi connectivity index (χ1n) is 4.68. The van der Waals surface area contributed by atoms with Crippen LogP contribution in [0.2, 0.25) is 0 Å². The number of nitrogen functional groups attached to an aromatic ring is 1. The van der Waals surface area contributed by atoms with E-state index in [-0.39, 0.29) is 0 Å². The molecule has 0 aliphatic carbocycles. The summed E-state index contributed by atoms with van der Waals surface area (Å²) in [6.45, 7) is 1.98. The number of ether oxygens (including phenoxy) is 1. The summed E-state index contributed by atoms with van der Waals surface area (Å²) < 4.78 is 11.2. The van der Waals surface area contributed by atoms with Crippen LogP contribution in [-0.2, 0) is 0 Å². The lowest BCUT2D eigenvalue weighted by Gasteiger charge is -2.07. The number of aryl methyl sites for hydroxylation is 1. The third-order valence-electron chi connectivity index (χ3n) is 2.29. The summed E-state index contributed by atoms with van der Waals surface area (Å²) in [5, 5.41) is 3.66. The normalized spacial score (nSPS) is 10.4. The lowest BCUT2D eigenvalue weighted by atomic mass is 10.1. The number of methoxy groups -OCH3 is 1. The summed E-state index contributed by atoms with van der Waals surface area (Å²) in [6.07, 6.45) is 0. The number of hydrogen-bond acceptors (Lipinski definition) is 4. The average molecular weight is 283 g/mol. The van der Waals surface area contributed by atoms with Gasteiger partial charge in [0, 0.05) is 11.6 Å². The number of anilines is 1. The summed E-state index contributed by atoms with van der Waals surface area (Å²) in [5.41, 5.74) is 7.50. The van der Waals surface area contributed by atoms with Gasteiger partial charge in [0.2, 0.25) is 0 Å². The molecule has 2 rings (SSSR count). The molecule has 1 aromatic heterocycles. The third-order valence-corrected chi connectivity index (χ3v) is 2.91. The van der Waals surface area contributed by atoms with Gasteiger partial charge in [0.1, 0.15) is 5.75 Å². The van der Waals surface area contributed by atoms with Gasteiger partial charge in [-0.05, 0) is 40.5 Å². The minimum atomic E-state index is 0.376. The van der Waals surface area contributed by atoms with Crippen molar-refractivity contribution in [2.75, 3.05) is 12.8 Å². The van der Waals surface area contributed by atoms with Gasteiger partial charge in [-0.1, -0.05) is 5.16 Å². The van der Waals surface area contributed by atoms with Crippen molar-refractivity contribution >= 4 is 21.7 Å². The van der Waals surface area contributed by atoms with Crippen LogP contribution in [0.3, 0.4) is 0 Å². The van der Waals surface area contributed by atoms with Gasteiger partial charge >= 0.3 is 0 Å². The molecule has 0 aliphatic rings. The quantitative estimate of drug-likeness (QED) is 0.920. The molecule has 0 aliphatic heterocycles. The Morgan fingerprint density at radius 3 is 2.69 bits per heavy atom. The first-order chi connectivity index (χ1) is 7.61. The Hall–Kier alpha value is -1.49. The Labute approximate surface area is 102 Å². The van der Waals surface area contributed by atoms with E-state index in [1.807, 2.05) is 19.1 Å². The van der Waals surface area contributed by atoms with Crippen molar-refractivity contribution in [3.05, 3.63) is 28.2 Å². The molecule has 0 amide bonds. The van der Waals surface area contributed by atoms with E-state index in [0.717, 1.165) is 21.3 Å². The van der Waals surface area contributed by atoms with Crippen LogP contribution in [0.1, 0.15) is 5.56 Å². The number of nitrogens with two attached hydrogens (primary N) is 1. The van der Waals surface area contributed by atoms with Crippen molar-refractivity contribution in [3.8, 4) is 17.1 Å². The first-order valence-corrected chi connectivity index (χ1v) is 5.48. The van der Waals surface area contributed by atoms with Crippen LogP contribution in [0.25, 0.3) is 11.3 Å². The molecule has 0 unspecified atom stereocenters. The van der Waals surface area contributed by atoms with Crippen molar-refractivity contribution in [1.29, 1.82) is 0 Å². The molecule has 2 N–H and O–H groups in total. The van der Waals surface area contributed by atoms with Crippen LogP contribution in [0.5, 0.6) is 5.75 Å². The topological polar surface area (TPSA) is 61.3 Å². The molecule has 0 saturated carbocycles. The van der Waals surface area contributed by atoms with Crippen LogP contribution in [0, 0.1) is 6.92 Å². The summed E-state index contributed by atoms with van der Waals surface area (Å²) in [4.78, 5) is 0. The number of hydrogen-bond donors (Lipinski definition) is 1. The van der Waals surface area contributed by atoms with Crippen molar-refractivity contribution in [3.63, 3.8) is 0 Å². The Morgan fingerprint density at radius 2 is 2.12 bits per heavy atom. The van der Waals surface area contributed by atoms with Crippen molar-refractivity contribution in [1.82, 2.24) is 5.16 Å². The lowest BCUT2D eigenvalue weighted by molar-refractivity contribution is 0.411. The van der Waals surface area contributed by atoms with E-state index in [2.05, 4.69) is 21.1 Å². The van der Waals surface area contributed by atoms with Crippen LogP contribution in [-0.4, -0.2) is 12.3 Å². The molecular weight excluding hydrogens is 272 g/mol. The fourth-order valence-corrected chi connectivity index (χ4v) is 2.00. The molecular formula is C11H11BrN2O2. The van der Waals surface area contributed by atoms with Gasteiger partial charge in [-0.2, -0.15) is 0 Å². The third kappa shape index (κ3) is 1.90. The second-order valence-corrected chi connectivity index (χ2v) is 4.27. The van der Waals surface area contributed by atoms with Crippen LogP contribution in [0.4, 0.5) is 5.82 Å². The minimum Gasteiger partial charge on any atom is -0.496 e. The lowest BCUT2D eigenvalue weighted by Crippen LogP contribution is -1.88. The average Bonchev–Trinajstić information content (AvgIpc) is 2.67. The Kier molecular flexibility index (Phi) is 2.87. The zero-order valence-corrected chi connectivity index (χ0v) is 10.5. The second-order valence-electron chi connectivity index (χ2n) is 3.42. The predicted octanol–water partition coefficient (Wildman–Crippen LogP) is 3.00. The summed E-state index contributed by atoms with van der Waals surface area (Å²) in [7, 11) is 1.63. The van der Waals surface area contributed by atoms with E-state index in [4.69, 9.17) is 15.0 Å². The maximum absolute atomic E-state index is 5.52. The molecule has 84 valence electrons. The number of nitrogens with zero attached hydrogens (tertiary/aromatic N) is 1. The fraction of sp³-hybridized carbons (Fsp3) is 0.182. The van der Waals surface area contributed by atoms with Crippen LogP contribution in [0.15, 0.2) is 27.2 Å². The first kappa shape index (κ1) is 11.0. The summed E-state index contributed by atoms with van der Waals surface area (Å²) in [5.74, 6) is 1.81. The Balaban J connectivity index is 2.54. The maximum atomic E-state index is 5.52. The van der Waals surface area contributed by atoms with E-state index >= 15 is 0 Å². The molecule has 4 nitrogen and oxygen atoms in total. The molecule has 1 heterocycles. The fourth-order valence-electron chi connectivity index (χ4n) is 1.49. The number of rotatable bonds is 2. The van der Waals surface area contributed by atoms with E-state index in [1.54, 1.807) is 13.2 Å². The van der Waals surface area contributed by atoms with Crippen molar-refractivity contribution in [2.24, 2.45) is 0 Å². The Bertz CT molecular complexity index is 523. The standard InChI is InChI=1S/C11H11BrN2O2/c1-6-3-10(15-2)8(12)4-7(6)9-5-11(13)14-16-9/h3-5H,1-2H3,(H2,13,14). The zero-order chi connectivity index (χ0) is 11.7. The van der Waals surface area contributed by atoms with Gasteiger partial charge < -0.3 is 15.0 Å². The molecule has 0 saturated heterocycles. The van der Waals surface area contributed by atoms with Crippen LogP contribution < -0.4 is 10.5 Å². The predicted molar refractivity (Wildman–Crippen MR) is 65.3 cm³/mol. The zero-order valence-electron chi connectivity index (χ0n) is 8.95. The molecule has 0 radical (unpaired) electrons. The van der Waals surface area contributed by atoms with Gasteiger partial charge in [-0.15, -0.1) is 0 Å². The van der Waals surface area contributed by atoms with Gasteiger partial charge in [0.15, 0.2) is 11.6 Å². The molecule has 5 heteroatoms. The maximum Gasteiger partial charge on any atom is 0.169 e. The van der Waals surface area contributed by atoms with Crippen molar-refractivity contribution in [2.45, 2.75) is 6.92 Å². The smallest absolute Gasteiger partial charge is 0.169 e. The minimum absolute atomic E-state index is 0.376. The largest absolute Gasteiger partial charge is 0.496 e. The van der Waals surface area contributed by atoms with Crippen molar-refractivity contribution < 1.29 is 9.26 Å². The van der Waals surface area contributed by atoms with Gasteiger partial charge in [-0.25, -0.2) is 0 Å².